The fourth-order valence-electron chi connectivity index (χ4n) is 2.38. The van der Waals surface area contributed by atoms with Gasteiger partial charge in [0, 0.05) is 12.7 Å². The summed E-state index contributed by atoms with van der Waals surface area (Å²) in [6, 6.07) is 9.56. The highest BCUT2D eigenvalue weighted by atomic mass is 16.5. The summed E-state index contributed by atoms with van der Waals surface area (Å²) in [6.45, 7) is 0.548. The number of methoxy groups -OCH3 is 3. The SMILES string of the molecule is COc1cc(CNc2nnc3ccccn23)cc(OC)c1OC. The summed E-state index contributed by atoms with van der Waals surface area (Å²) in [4.78, 5) is 0. The van der Waals surface area contributed by atoms with E-state index in [4.69, 9.17) is 14.2 Å². The summed E-state index contributed by atoms with van der Waals surface area (Å²) in [5, 5.41) is 11.5. The summed E-state index contributed by atoms with van der Waals surface area (Å²) in [5.74, 6) is 2.49. The van der Waals surface area contributed by atoms with Gasteiger partial charge in [0.05, 0.1) is 21.3 Å². The van der Waals surface area contributed by atoms with E-state index in [9.17, 15) is 0 Å². The molecule has 0 aliphatic heterocycles. The van der Waals surface area contributed by atoms with E-state index in [-0.39, 0.29) is 0 Å². The van der Waals surface area contributed by atoms with E-state index < -0.39 is 0 Å². The Hall–Kier alpha value is -2.96. The maximum absolute atomic E-state index is 5.36. The van der Waals surface area contributed by atoms with E-state index in [0.29, 0.717) is 29.7 Å². The van der Waals surface area contributed by atoms with Gasteiger partial charge in [-0.1, -0.05) is 6.07 Å². The van der Waals surface area contributed by atoms with Crippen molar-refractivity contribution in [3.8, 4) is 17.2 Å². The lowest BCUT2D eigenvalue weighted by molar-refractivity contribution is 0.324. The van der Waals surface area contributed by atoms with E-state index in [0.717, 1.165) is 11.2 Å². The molecule has 120 valence electrons. The van der Waals surface area contributed by atoms with Crippen LogP contribution in [0.15, 0.2) is 36.5 Å². The van der Waals surface area contributed by atoms with Crippen LogP contribution in [0.4, 0.5) is 5.95 Å². The number of hydrogen-bond acceptors (Lipinski definition) is 6. The van der Waals surface area contributed by atoms with Crippen molar-refractivity contribution in [2.45, 2.75) is 6.54 Å². The van der Waals surface area contributed by atoms with Gasteiger partial charge in [0.1, 0.15) is 0 Å². The van der Waals surface area contributed by atoms with Gasteiger partial charge in [-0.15, -0.1) is 10.2 Å². The Kier molecular flexibility index (Phi) is 4.18. The smallest absolute Gasteiger partial charge is 0.229 e. The first-order valence-corrected chi connectivity index (χ1v) is 7.09. The summed E-state index contributed by atoms with van der Waals surface area (Å²) >= 11 is 0. The number of nitrogens with one attached hydrogen (secondary N) is 1. The number of benzene rings is 1. The molecule has 0 unspecified atom stereocenters. The number of rotatable bonds is 6. The first-order valence-electron chi connectivity index (χ1n) is 7.09. The number of hydrogen-bond donors (Lipinski definition) is 1. The first-order chi connectivity index (χ1) is 11.3. The molecule has 0 aliphatic carbocycles. The van der Waals surface area contributed by atoms with Crippen LogP contribution >= 0.6 is 0 Å². The number of nitrogens with zero attached hydrogens (tertiary/aromatic N) is 3. The van der Waals surface area contributed by atoms with Gasteiger partial charge >= 0.3 is 0 Å². The fraction of sp³-hybridized carbons (Fsp3) is 0.250. The Morgan fingerprint density at radius 1 is 1.00 bits per heavy atom. The van der Waals surface area contributed by atoms with Crippen LogP contribution in [0.25, 0.3) is 5.65 Å². The molecule has 7 heteroatoms. The van der Waals surface area contributed by atoms with Gasteiger partial charge in [-0.2, -0.15) is 0 Å². The normalized spacial score (nSPS) is 10.6. The molecule has 0 radical (unpaired) electrons. The Balaban J connectivity index is 1.85. The molecule has 0 bridgehead atoms. The average molecular weight is 314 g/mol. The van der Waals surface area contributed by atoms with Crippen LogP contribution < -0.4 is 19.5 Å². The van der Waals surface area contributed by atoms with Crippen LogP contribution in [-0.4, -0.2) is 35.9 Å². The molecule has 1 N–H and O–H groups in total. The summed E-state index contributed by atoms with van der Waals surface area (Å²) < 4.78 is 17.9. The molecule has 2 heterocycles. The molecular weight excluding hydrogens is 296 g/mol. The minimum Gasteiger partial charge on any atom is -0.493 e. The van der Waals surface area contributed by atoms with E-state index >= 15 is 0 Å². The highest BCUT2D eigenvalue weighted by Crippen LogP contribution is 2.38. The maximum Gasteiger partial charge on any atom is 0.229 e. The van der Waals surface area contributed by atoms with Crippen molar-refractivity contribution in [3.05, 3.63) is 42.1 Å². The second-order valence-electron chi connectivity index (χ2n) is 4.84. The van der Waals surface area contributed by atoms with Crippen LogP contribution in [0, 0.1) is 0 Å². The van der Waals surface area contributed by atoms with Gasteiger partial charge in [-0.3, -0.25) is 4.40 Å². The van der Waals surface area contributed by atoms with Crippen molar-refractivity contribution >= 4 is 11.6 Å². The molecule has 2 aromatic heterocycles. The van der Waals surface area contributed by atoms with Gasteiger partial charge < -0.3 is 19.5 Å². The molecule has 0 saturated carbocycles. The maximum atomic E-state index is 5.36. The first kappa shape index (κ1) is 15.0. The molecule has 0 atom stereocenters. The van der Waals surface area contributed by atoms with Crippen LogP contribution in [-0.2, 0) is 6.54 Å². The van der Waals surface area contributed by atoms with Crippen molar-refractivity contribution in [2.24, 2.45) is 0 Å². The Morgan fingerprint density at radius 3 is 2.39 bits per heavy atom. The van der Waals surface area contributed by atoms with Crippen molar-refractivity contribution < 1.29 is 14.2 Å². The largest absolute Gasteiger partial charge is 0.493 e. The van der Waals surface area contributed by atoms with Gasteiger partial charge in [-0.25, -0.2) is 0 Å². The molecule has 3 rings (SSSR count). The molecular formula is C16H18N4O3. The number of aromatic nitrogens is 3. The van der Waals surface area contributed by atoms with Crippen LogP contribution in [0.3, 0.4) is 0 Å². The minimum atomic E-state index is 0.548. The topological polar surface area (TPSA) is 69.9 Å². The molecule has 0 aliphatic rings. The number of fused-ring (bicyclic) bond motifs is 1. The third kappa shape index (κ3) is 2.85. The van der Waals surface area contributed by atoms with Gasteiger partial charge in [0.15, 0.2) is 17.1 Å². The van der Waals surface area contributed by atoms with E-state index in [1.807, 2.05) is 40.9 Å². The standard InChI is InChI=1S/C16H18N4O3/c1-21-12-8-11(9-13(22-2)15(12)23-3)10-17-16-19-18-14-6-4-5-7-20(14)16/h4-9H,10H2,1-3H3,(H,17,19). The summed E-state index contributed by atoms with van der Waals surface area (Å²) in [5.41, 5.74) is 1.77. The second kappa shape index (κ2) is 6.43. The minimum absolute atomic E-state index is 0.548. The van der Waals surface area contributed by atoms with Crippen molar-refractivity contribution in [1.29, 1.82) is 0 Å². The molecule has 23 heavy (non-hydrogen) atoms. The average Bonchev–Trinajstić information content (AvgIpc) is 3.02. The van der Waals surface area contributed by atoms with Crippen LogP contribution in [0.5, 0.6) is 17.2 Å². The predicted molar refractivity (Wildman–Crippen MR) is 86.4 cm³/mol. The third-order valence-electron chi connectivity index (χ3n) is 3.49. The van der Waals surface area contributed by atoms with E-state index in [1.54, 1.807) is 21.3 Å². The van der Waals surface area contributed by atoms with Crippen molar-refractivity contribution in [1.82, 2.24) is 14.6 Å². The third-order valence-corrected chi connectivity index (χ3v) is 3.49. The molecule has 0 spiro atoms. The zero-order chi connectivity index (χ0) is 16.2. The zero-order valence-corrected chi connectivity index (χ0v) is 13.2. The molecule has 1 aromatic carbocycles. The highest BCUT2D eigenvalue weighted by molar-refractivity contribution is 5.54. The molecule has 7 nitrogen and oxygen atoms in total. The van der Waals surface area contributed by atoms with Gasteiger partial charge in [0.2, 0.25) is 11.7 Å². The monoisotopic (exact) mass is 314 g/mol. The van der Waals surface area contributed by atoms with Crippen LogP contribution in [0.1, 0.15) is 5.56 Å². The van der Waals surface area contributed by atoms with Gasteiger partial charge in [0.25, 0.3) is 0 Å². The number of anilines is 1. The number of pyridine rings is 1. The molecule has 3 aromatic rings. The van der Waals surface area contributed by atoms with Crippen molar-refractivity contribution in [2.75, 3.05) is 26.6 Å². The van der Waals surface area contributed by atoms with Crippen LogP contribution in [0.2, 0.25) is 0 Å². The predicted octanol–water partition coefficient (Wildman–Crippen LogP) is 2.37. The van der Waals surface area contributed by atoms with E-state index in [1.165, 1.54) is 0 Å². The lowest BCUT2D eigenvalue weighted by Crippen LogP contribution is -2.05. The number of ether oxygens (including phenoxy) is 3. The molecule has 0 amide bonds. The quantitative estimate of drug-likeness (QED) is 0.753. The molecule has 0 saturated heterocycles. The second-order valence-corrected chi connectivity index (χ2v) is 4.84. The fourth-order valence-corrected chi connectivity index (χ4v) is 2.38. The zero-order valence-electron chi connectivity index (χ0n) is 13.2. The lowest BCUT2D eigenvalue weighted by Gasteiger charge is -2.14. The Labute approximate surface area is 133 Å². The molecule has 0 fully saturated rings. The Morgan fingerprint density at radius 2 is 1.74 bits per heavy atom. The van der Waals surface area contributed by atoms with Gasteiger partial charge in [-0.05, 0) is 29.8 Å². The summed E-state index contributed by atoms with van der Waals surface area (Å²) in [7, 11) is 4.78. The lowest BCUT2D eigenvalue weighted by atomic mass is 10.2. The van der Waals surface area contributed by atoms with E-state index in [2.05, 4.69) is 15.5 Å². The highest BCUT2D eigenvalue weighted by Gasteiger charge is 2.13. The summed E-state index contributed by atoms with van der Waals surface area (Å²) in [6.07, 6.45) is 1.91. The van der Waals surface area contributed by atoms with Crippen molar-refractivity contribution in [3.63, 3.8) is 0 Å². The Bertz CT molecular complexity index is 791.